The molecule has 2 aromatic heterocycles. The minimum absolute atomic E-state index is 0.0992. The molecule has 8 heteroatoms. The Balaban J connectivity index is 1.50. The first kappa shape index (κ1) is 17.9. The highest BCUT2D eigenvalue weighted by Crippen LogP contribution is 2.21. The van der Waals surface area contributed by atoms with Crippen LogP contribution in [0.2, 0.25) is 0 Å². The van der Waals surface area contributed by atoms with Crippen LogP contribution in [-0.2, 0) is 17.8 Å². The Morgan fingerprint density at radius 2 is 1.93 bits per heavy atom. The van der Waals surface area contributed by atoms with Gasteiger partial charge in [-0.25, -0.2) is 5.43 Å². The molecule has 0 radical (unpaired) electrons. The molecule has 2 heterocycles. The van der Waals surface area contributed by atoms with Crippen LogP contribution in [0.4, 0.5) is 5.13 Å². The van der Waals surface area contributed by atoms with Crippen LogP contribution in [0.5, 0.6) is 0 Å². The molecule has 2 aromatic carbocycles. The van der Waals surface area contributed by atoms with Crippen molar-refractivity contribution in [1.82, 2.24) is 20.2 Å². The van der Waals surface area contributed by atoms with Crippen LogP contribution in [0.1, 0.15) is 16.1 Å². The molecular weight excluding hydrogens is 372 g/mol. The van der Waals surface area contributed by atoms with Gasteiger partial charge in [0.05, 0.1) is 12.6 Å². The van der Waals surface area contributed by atoms with Gasteiger partial charge in [0.2, 0.25) is 11.0 Å². The summed E-state index contributed by atoms with van der Waals surface area (Å²) < 4.78 is 2.18. The summed E-state index contributed by atoms with van der Waals surface area (Å²) in [6.07, 6.45) is 3.80. The number of fused-ring (bicyclic) bond motifs is 1. The number of carbonyl (C=O) groups is 1. The number of hydrazone groups is 1. The lowest BCUT2D eigenvalue weighted by atomic mass is 10.2. The van der Waals surface area contributed by atoms with E-state index in [0.29, 0.717) is 10.1 Å². The molecule has 28 heavy (non-hydrogen) atoms. The van der Waals surface area contributed by atoms with Gasteiger partial charge in [0.15, 0.2) is 0 Å². The van der Waals surface area contributed by atoms with Crippen molar-refractivity contribution in [2.24, 2.45) is 5.10 Å². The number of aromatic nitrogens is 3. The molecule has 0 spiro atoms. The number of hydrogen-bond acceptors (Lipinski definition) is 6. The van der Waals surface area contributed by atoms with E-state index in [0.717, 1.165) is 23.0 Å². The summed E-state index contributed by atoms with van der Waals surface area (Å²) in [6, 6.07) is 18.4. The fourth-order valence-electron chi connectivity index (χ4n) is 2.98. The molecule has 1 amide bonds. The lowest BCUT2D eigenvalue weighted by Crippen LogP contribution is -2.19. The molecule has 0 saturated carbocycles. The third-order valence-electron chi connectivity index (χ3n) is 4.20. The van der Waals surface area contributed by atoms with Crippen molar-refractivity contribution < 1.29 is 4.79 Å². The Labute approximate surface area is 165 Å². The van der Waals surface area contributed by atoms with Crippen LogP contribution >= 0.6 is 11.3 Å². The predicted octanol–water partition coefficient (Wildman–Crippen LogP) is 2.82. The summed E-state index contributed by atoms with van der Waals surface area (Å²) in [5, 5.41) is 13.6. The Hall–Kier alpha value is -3.52. The van der Waals surface area contributed by atoms with Crippen molar-refractivity contribution in [3.8, 4) is 0 Å². The minimum atomic E-state index is -0.263. The van der Waals surface area contributed by atoms with Crippen LogP contribution in [0, 0.1) is 0 Å². The molecule has 0 atom stereocenters. The number of carbonyl (C=O) groups excluding carboxylic acids is 1. The molecule has 0 aliphatic carbocycles. The number of benzene rings is 2. The van der Waals surface area contributed by atoms with Crippen LogP contribution in [-0.4, -0.2) is 26.9 Å². The summed E-state index contributed by atoms with van der Waals surface area (Å²) in [5.41, 5.74) is 11.3. The zero-order chi connectivity index (χ0) is 19.3. The number of para-hydroxylation sites is 1. The third-order valence-corrected chi connectivity index (χ3v) is 4.95. The highest BCUT2D eigenvalue weighted by Gasteiger charge is 2.09. The summed E-state index contributed by atoms with van der Waals surface area (Å²) in [6.45, 7) is 0.764. The lowest BCUT2D eigenvalue weighted by molar-refractivity contribution is -0.120. The number of rotatable bonds is 6. The molecule has 4 aromatic rings. The molecule has 140 valence electrons. The number of nitrogens with two attached hydrogens (primary N) is 1. The molecule has 3 N–H and O–H groups in total. The summed E-state index contributed by atoms with van der Waals surface area (Å²) in [7, 11) is 0. The normalized spacial score (nSPS) is 11.3. The van der Waals surface area contributed by atoms with E-state index in [1.54, 1.807) is 6.21 Å². The van der Waals surface area contributed by atoms with E-state index in [1.807, 2.05) is 42.6 Å². The molecule has 0 unspecified atom stereocenters. The Morgan fingerprint density at radius 3 is 2.71 bits per heavy atom. The average Bonchev–Trinajstić information content (AvgIpc) is 3.26. The van der Waals surface area contributed by atoms with Crippen LogP contribution in [0.3, 0.4) is 0 Å². The van der Waals surface area contributed by atoms with E-state index in [4.69, 9.17) is 5.73 Å². The van der Waals surface area contributed by atoms with Crippen molar-refractivity contribution in [2.75, 3.05) is 5.73 Å². The van der Waals surface area contributed by atoms with Crippen molar-refractivity contribution in [1.29, 1.82) is 0 Å². The smallest absolute Gasteiger partial charge is 0.247 e. The Morgan fingerprint density at radius 1 is 1.14 bits per heavy atom. The molecule has 4 rings (SSSR count). The van der Waals surface area contributed by atoms with E-state index in [9.17, 15) is 4.79 Å². The SMILES string of the molecule is Nc1nnc(CC(=O)N/N=C\c2cn(Cc3ccccc3)c3ccccc23)s1. The number of anilines is 1. The van der Waals surface area contributed by atoms with E-state index in [2.05, 4.69) is 43.5 Å². The molecule has 0 fully saturated rings. The molecule has 7 nitrogen and oxygen atoms in total. The van der Waals surface area contributed by atoms with Crippen LogP contribution < -0.4 is 11.2 Å². The predicted molar refractivity (Wildman–Crippen MR) is 111 cm³/mol. The average molecular weight is 390 g/mol. The zero-order valence-electron chi connectivity index (χ0n) is 14.9. The van der Waals surface area contributed by atoms with Gasteiger partial charge in [-0.2, -0.15) is 5.10 Å². The Bertz CT molecular complexity index is 1130. The molecule has 0 aliphatic heterocycles. The highest BCUT2D eigenvalue weighted by atomic mass is 32.1. The lowest BCUT2D eigenvalue weighted by Gasteiger charge is -2.05. The zero-order valence-corrected chi connectivity index (χ0v) is 15.8. The fraction of sp³-hybridized carbons (Fsp3) is 0.100. The monoisotopic (exact) mass is 390 g/mol. The van der Waals surface area contributed by atoms with Gasteiger partial charge < -0.3 is 10.3 Å². The van der Waals surface area contributed by atoms with Crippen LogP contribution in [0.25, 0.3) is 10.9 Å². The van der Waals surface area contributed by atoms with Gasteiger partial charge in [0.1, 0.15) is 5.01 Å². The second-order valence-electron chi connectivity index (χ2n) is 6.22. The van der Waals surface area contributed by atoms with Gasteiger partial charge in [-0.15, -0.1) is 10.2 Å². The van der Waals surface area contributed by atoms with Gasteiger partial charge in [0, 0.05) is 29.2 Å². The number of amides is 1. The van der Waals surface area contributed by atoms with E-state index in [-0.39, 0.29) is 12.3 Å². The first-order valence-electron chi connectivity index (χ1n) is 8.70. The summed E-state index contributed by atoms with van der Waals surface area (Å²) in [5.74, 6) is -0.263. The second kappa shape index (κ2) is 8.01. The topological polar surface area (TPSA) is 98.2 Å². The molecule has 0 aliphatic rings. The van der Waals surface area contributed by atoms with Crippen molar-refractivity contribution in [2.45, 2.75) is 13.0 Å². The van der Waals surface area contributed by atoms with E-state index in [1.165, 1.54) is 16.9 Å². The Kier molecular flexibility index (Phi) is 5.11. The van der Waals surface area contributed by atoms with Crippen molar-refractivity contribution >= 4 is 39.5 Å². The number of nitrogen functional groups attached to an aromatic ring is 1. The largest absolute Gasteiger partial charge is 0.374 e. The van der Waals surface area contributed by atoms with E-state index < -0.39 is 0 Å². The number of nitrogens with one attached hydrogen (secondary N) is 1. The summed E-state index contributed by atoms with van der Waals surface area (Å²) in [4.78, 5) is 12.0. The minimum Gasteiger partial charge on any atom is -0.374 e. The molecular formula is C20H18N6OS. The molecule has 0 bridgehead atoms. The summed E-state index contributed by atoms with van der Waals surface area (Å²) >= 11 is 1.19. The quantitative estimate of drug-likeness (QED) is 0.391. The highest BCUT2D eigenvalue weighted by molar-refractivity contribution is 7.15. The second-order valence-corrected chi connectivity index (χ2v) is 7.31. The standard InChI is InChI=1S/C20H18N6OS/c21-20-25-24-19(28-20)10-18(27)23-22-11-15-13-26(12-14-6-2-1-3-7-14)17-9-5-4-8-16(15)17/h1-9,11,13H,10,12H2,(H2,21,25)(H,23,27)/b22-11-. The third kappa shape index (κ3) is 4.07. The number of nitrogens with zero attached hydrogens (tertiary/aromatic N) is 4. The maximum absolute atomic E-state index is 12.0. The van der Waals surface area contributed by atoms with Gasteiger partial charge in [0.25, 0.3) is 0 Å². The molecule has 0 saturated heterocycles. The first-order valence-corrected chi connectivity index (χ1v) is 9.52. The van der Waals surface area contributed by atoms with Gasteiger partial charge in [-0.05, 0) is 11.6 Å². The van der Waals surface area contributed by atoms with Crippen molar-refractivity contribution in [3.05, 3.63) is 76.9 Å². The van der Waals surface area contributed by atoms with Crippen molar-refractivity contribution in [3.63, 3.8) is 0 Å². The van der Waals surface area contributed by atoms with Gasteiger partial charge in [-0.1, -0.05) is 59.9 Å². The maximum atomic E-state index is 12.0. The van der Waals surface area contributed by atoms with E-state index >= 15 is 0 Å². The van der Waals surface area contributed by atoms with Gasteiger partial charge >= 0.3 is 0 Å². The maximum Gasteiger partial charge on any atom is 0.247 e. The fourth-order valence-corrected chi connectivity index (χ4v) is 3.59. The van der Waals surface area contributed by atoms with Gasteiger partial charge in [-0.3, -0.25) is 4.79 Å². The first-order chi connectivity index (χ1) is 13.7. The number of hydrogen-bond donors (Lipinski definition) is 2. The van der Waals surface area contributed by atoms with Crippen LogP contribution in [0.15, 0.2) is 65.9 Å².